The van der Waals surface area contributed by atoms with Gasteiger partial charge in [0.25, 0.3) is 0 Å². The molecule has 0 aromatic carbocycles. The Balaban J connectivity index is 2.87. The molecule has 1 aromatic heterocycles. The van der Waals surface area contributed by atoms with Gasteiger partial charge in [0.2, 0.25) is 0 Å². The van der Waals surface area contributed by atoms with Gasteiger partial charge in [0.1, 0.15) is 0 Å². The van der Waals surface area contributed by atoms with Crippen LogP contribution in [0.4, 0.5) is 0 Å². The van der Waals surface area contributed by atoms with E-state index in [0.717, 1.165) is 4.47 Å². The summed E-state index contributed by atoms with van der Waals surface area (Å²) in [5.74, 6) is 0. The molecule has 0 amide bonds. The summed E-state index contributed by atoms with van der Waals surface area (Å²) in [5, 5.41) is 4.23. The second kappa shape index (κ2) is 4.37. The zero-order chi connectivity index (χ0) is 9.14. The fourth-order valence-electron chi connectivity index (χ4n) is 1.15. The highest BCUT2D eigenvalue weighted by molar-refractivity contribution is 9.10. The van der Waals surface area contributed by atoms with E-state index in [4.69, 9.17) is 5.73 Å². The molecule has 0 aliphatic heterocycles. The average Bonchev–Trinajstić information content (AvgIpc) is 2.38. The van der Waals surface area contributed by atoms with E-state index in [2.05, 4.69) is 31.6 Å². The predicted molar refractivity (Wildman–Crippen MR) is 57.5 cm³/mol. The first kappa shape index (κ1) is 10.2. The van der Waals surface area contributed by atoms with Gasteiger partial charge in [-0.2, -0.15) is 11.3 Å². The van der Waals surface area contributed by atoms with Crippen LogP contribution < -0.4 is 5.73 Å². The zero-order valence-electron chi connectivity index (χ0n) is 7.25. The first-order chi connectivity index (χ1) is 5.66. The van der Waals surface area contributed by atoms with Gasteiger partial charge >= 0.3 is 0 Å². The Morgan fingerprint density at radius 1 is 1.58 bits per heavy atom. The van der Waals surface area contributed by atoms with E-state index in [1.165, 1.54) is 5.56 Å². The molecule has 0 saturated carbocycles. The van der Waals surface area contributed by atoms with E-state index in [9.17, 15) is 0 Å². The van der Waals surface area contributed by atoms with Crippen molar-refractivity contribution >= 4 is 27.3 Å². The lowest BCUT2D eigenvalue weighted by molar-refractivity contribution is 0.306. The van der Waals surface area contributed by atoms with Crippen LogP contribution in [-0.4, -0.2) is 25.5 Å². The van der Waals surface area contributed by atoms with Crippen LogP contribution in [0.2, 0.25) is 0 Å². The van der Waals surface area contributed by atoms with Crippen LogP contribution in [0.3, 0.4) is 0 Å². The first-order valence-electron chi connectivity index (χ1n) is 3.75. The molecular weight excluding hydrogens is 236 g/mol. The van der Waals surface area contributed by atoms with Gasteiger partial charge in [-0.1, -0.05) is 0 Å². The second-order valence-corrected chi connectivity index (χ2v) is 4.49. The molecule has 0 bridgehead atoms. The number of likely N-dealkylation sites (N-methyl/N-ethyl adjacent to an activating group) is 1. The highest BCUT2D eigenvalue weighted by Gasteiger charge is 2.15. The molecule has 0 radical (unpaired) electrons. The fourth-order valence-corrected chi connectivity index (χ4v) is 2.75. The Hall–Kier alpha value is 0.100. The molecule has 0 fully saturated rings. The Bertz CT molecular complexity index is 247. The van der Waals surface area contributed by atoms with Gasteiger partial charge in [-0.05, 0) is 41.0 Å². The molecular formula is C8H13BrN2S. The number of hydrogen-bond donors (Lipinski definition) is 1. The lowest BCUT2D eigenvalue weighted by Crippen LogP contribution is -2.26. The lowest BCUT2D eigenvalue weighted by atomic mass is 10.1. The number of nitrogens with zero attached hydrogens (tertiary/aromatic N) is 1. The van der Waals surface area contributed by atoms with Gasteiger partial charge in [-0.15, -0.1) is 0 Å². The predicted octanol–water partition coefficient (Wildman–Crippen LogP) is 2.07. The lowest BCUT2D eigenvalue weighted by Gasteiger charge is -2.22. The molecule has 1 aromatic rings. The number of hydrogen-bond acceptors (Lipinski definition) is 3. The molecule has 1 heterocycles. The van der Waals surface area contributed by atoms with Crippen LogP contribution in [0.15, 0.2) is 15.2 Å². The van der Waals surface area contributed by atoms with Crippen LogP contribution in [0.25, 0.3) is 0 Å². The summed E-state index contributed by atoms with van der Waals surface area (Å²) >= 11 is 5.20. The Morgan fingerprint density at radius 3 is 2.58 bits per heavy atom. The molecule has 0 aliphatic carbocycles. The normalized spacial score (nSPS) is 13.8. The monoisotopic (exact) mass is 248 g/mol. The van der Waals surface area contributed by atoms with Gasteiger partial charge in [0, 0.05) is 22.4 Å². The topological polar surface area (TPSA) is 29.3 Å². The smallest absolute Gasteiger partial charge is 0.0484 e. The fraction of sp³-hybridized carbons (Fsp3) is 0.500. The van der Waals surface area contributed by atoms with Crippen LogP contribution in [-0.2, 0) is 0 Å². The number of halogens is 1. The van der Waals surface area contributed by atoms with E-state index in [0.29, 0.717) is 12.6 Å². The summed E-state index contributed by atoms with van der Waals surface area (Å²) in [6, 6.07) is 0.325. The molecule has 1 atom stereocenters. The largest absolute Gasteiger partial charge is 0.329 e. The summed E-state index contributed by atoms with van der Waals surface area (Å²) < 4.78 is 1.16. The Labute approximate surface area is 85.5 Å². The van der Waals surface area contributed by atoms with Gasteiger partial charge in [0.15, 0.2) is 0 Å². The summed E-state index contributed by atoms with van der Waals surface area (Å²) in [6.45, 7) is 0.655. The van der Waals surface area contributed by atoms with Crippen LogP contribution in [0, 0.1) is 0 Å². The molecule has 2 nitrogen and oxygen atoms in total. The first-order valence-corrected chi connectivity index (χ1v) is 5.48. The number of nitrogens with two attached hydrogens (primary N) is 1. The Kier molecular flexibility index (Phi) is 3.71. The van der Waals surface area contributed by atoms with Crippen molar-refractivity contribution in [3.63, 3.8) is 0 Å². The van der Waals surface area contributed by atoms with Gasteiger partial charge in [-0.3, -0.25) is 0 Å². The molecule has 12 heavy (non-hydrogen) atoms. The summed E-state index contributed by atoms with van der Waals surface area (Å²) in [4.78, 5) is 2.13. The highest BCUT2D eigenvalue weighted by atomic mass is 79.9. The third kappa shape index (κ3) is 2.07. The molecule has 68 valence electrons. The van der Waals surface area contributed by atoms with E-state index in [1.54, 1.807) is 11.3 Å². The number of rotatable bonds is 3. The van der Waals surface area contributed by atoms with Crippen LogP contribution in [0.5, 0.6) is 0 Å². The zero-order valence-corrected chi connectivity index (χ0v) is 9.65. The second-order valence-electron chi connectivity index (χ2n) is 2.89. The van der Waals surface area contributed by atoms with Crippen molar-refractivity contribution in [2.45, 2.75) is 6.04 Å². The minimum absolute atomic E-state index is 0.325. The van der Waals surface area contributed by atoms with Crippen molar-refractivity contribution in [3.05, 3.63) is 20.8 Å². The van der Waals surface area contributed by atoms with E-state index < -0.39 is 0 Å². The molecule has 1 unspecified atom stereocenters. The quantitative estimate of drug-likeness (QED) is 0.888. The Morgan fingerprint density at radius 2 is 2.25 bits per heavy atom. The van der Waals surface area contributed by atoms with Crippen LogP contribution in [0.1, 0.15) is 11.6 Å². The summed E-state index contributed by atoms with van der Waals surface area (Å²) in [5.41, 5.74) is 6.96. The summed E-state index contributed by atoms with van der Waals surface area (Å²) in [6.07, 6.45) is 0. The van der Waals surface area contributed by atoms with Gasteiger partial charge in [0.05, 0.1) is 0 Å². The van der Waals surface area contributed by atoms with E-state index in [1.807, 2.05) is 14.1 Å². The maximum absolute atomic E-state index is 5.68. The molecule has 0 spiro atoms. The van der Waals surface area contributed by atoms with Gasteiger partial charge < -0.3 is 10.6 Å². The molecule has 1 rings (SSSR count). The summed E-state index contributed by atoms with van der Waals surface area (Å²) in [7, 11) is 4.09. The molecule has 0 aliphatic rings. The third-order valence-electron chi connectivity index (χ3n) is 1.85. The van der Waals surface area contributed by atoms with Crippen molar-refractivity contribution in [3.8, 4) is 0 Å². The SMILES string of the molecule is CN(C)C(CN)c1cscc1Br. The van der Waals surface area contributed by atoms with Crippen molar-refractivity contribution in [1.82, 2.24) is 4.90 Å². The minimum Gasteiger partial charge on any atom is -0.329 e. The minimum atomic E-state index is 0.325. The van der Waals surface area contributed by atoms with E-state index in [-0.39, 0.29) is 0 Å². The van der Waals surface area contributed by atoms with Crippen molar-refractivity contribution < 1.29 is 0 Å². The molecule has 4 heteroatoms. The maximum atomic E-state index is 5.68. The van der Waals surface area contributed by atoms with Crippen LogP contribution >= 0.6 is 27.3 Å². The molecule has 2 N–H and O–H groups in total. The standard InChI is InChI=1S/C8H13BrN2S/c1-11(2)8(3-10)6-4-12-5-7(6)9/h4-5,8H,3,10H2,1-2H3. The average molecular weight is 249 g/mol. The van der Waals surface area contributed by atoms with Crippen molar-refractivity contribution in [2.24, 2.45) is 5.73 Å². The maximum Gasteiger partial charge on any atom is 0.0484 e. The van der Waals surface area contributed by atoms with Crippen molar-refractivity contribution in [1.29, 1.82) is 0 Å². The molecule has 0 saturated heterocycles. The van der Waals surface area contributed by atoms with Crippen molar-refractivity contribution in [2.75, 3.05) is 20.6 Å². The number of thiophene rings is 1. The highest BCUT2D eigenvalue weighted by Crippen LogP contribution is 2.29. The van der Waals surface area contributed by atoms with E-state index >= 15 is 0 Å². The third-order valence-corrected chi connectivity index (χ3v) is 3.60. The van der Waals surface area contributed by atoms with Gasteiger partial charge in [-0.25, -0.2) is 0 Å².